The summed E-state index contributed by atoms with van der Waals surface area (Å²) in [6, 6.07) is -0.654. The van der Waals surface area contributed by atoms with E-state index >= 15 is 0 Å². The maximum absolute atomic E-state index is 11.3. The number of carbonyl (C=O) groups excluding carboxylic acids is 2. The summed E-state index contributed by atoms with van der Waals surface area (Å²) in [6.07, 6.45) is 0. The summed E-state index contributed by atoms with van der Waals surface area (Å²) >= 11 is 0. The van der Waals surface area contributed by atoms with Crippen LogP contribution in [0.2, 0.25) is 0 Å². The fraction of sp³-hybridized carbons (Fsp3) is 0.800. The van der Waals surface area contributed by atoms with Crippen molar-refractivity contribution in [2.24, 2.45) is 11.7 Å². The van der Waals surface area contributed by atoms with E-state index in [1.807, 2.05) is 13.8 Å². The fourth-order valence-corrected chi connectivity index (χ4v) is 1.09. The number of hydrogen-bond donors (Lipinski definition) is 2. The predicted octanol–water partition coefficient (Wildman–Crippen LogP) is -0.724. The van der Waals surface area contributed by atoms with E-state index in [9.17, 15) is 9.59 Å². The Balaban J connectivity index is 3.87. The van der Waals surface area contributed by atoms with Crippen LogP contribution in [0, 0.1) is 5.92 Å². The molecule has 0 saturated carbocycles. The number of carbonyl (C=O) groups is 2. The maximum Gasteiger partial charge on any atom is 0.246 e. The van der Waals surface area contributed by atoms with Crippen LogP contribution in [0.1, 0.15) is 13.8 Å². The standard InChI is InChI=1S/C10H20N2O4/c1-7(2)9(10(11)14)12-8(13)6-16-5-4-15-3/h7,9H,4-6H2,1-3H3,(H2,11,14)(H,12,13)/t9-/m0/s1. The van der Waals surface area contributed by atoms with Gasteiger partial charge in [0.1, 0.15) is 12.6 Å². The number of amides is 2. The molecular formula is C10H20N2O4. The summed E-state index contributed by atoms with van der Waals surface area (Å²) in [5.41, 5.74) is 5.15. The van der Waals surface area contributed by atoms with Crippen LogP contribution in [-0.2, 0) is 19.1 Å². The number of nitrogens with two attached hydrogens (primary N) is 1. The minimum atomic E-state index is -0.654. The SMILES string of the molecule is COCCOCC(=O)N[C@H](C(N)=O)C(C)C. The van der Waals surface area contributed by atoms with E-state index in [4.69, 9.17) is 15.2 Å². The Bertz CT molecular complexity index is 231. The van der Waals surface area contributed by atoms with Gasteiger partial charge in [-0.25, -0.2) is 0 Å². The second-order valence-electron chi connectivity index (χ2n) is 3.74. The van der Waals surface area contributed by atoms with Crippen LogP contribution >= 0.6 is 0 Å². The highest BCUT2D eigenvalue weighted by molar-refractivity contribution is 5.87. The van der Waals surface area contributed by atoms with Gasteiger partial charge in [0.05, 0.1) is 13.2 Å². The molecule has 0 heterocycles. The molecule has 0 aliphatic heterocycles. The Hall–Kier alpha value is -1.14. The van der Waals surface area contributed by atoms with Crippen molar-refractivity contribution >= 4 is 11.8 Å². The van der Waals surface area contributed by atoms with Crippen LogP contribution in [0.5, 0.6) is 0 Å². The van der Waals surface area contributed by atoms with Gasteiger partial charge in [-0.1, -0.05) is 13.8 Å². The van der Waals surface area contributed by atoms with E-state index in [0.717, 1.165) is 0 Å². The molecule has 0 aromatic heterocycles. The average Bonchev–Trinajstić information content (AvgIpc) is 2.20. The molecule has 6 heteroatoms. The Morgan fingerprint density at radius 3 is 2.38 bits per heavy atom. The summed E-state index contributed by atoms with van der Waals surface area (Å²) in [7, 11) is 1.55. The molecule has 0 rings (SSSR count). The molecule has 0 saturated heterocycles. The molecule has 3 N–H and O–H groups in total. The normalized spacial score (nSPS) is 12.5. The third kappa shape index (κ3) is 6.36. The number of nitrogens with one attached hydrogen (secondary N) is 1. The minimum Gasteiger partial charge on any atom is -0.382 e. The zero-order chi connectivity index (χ0) is 12.6. The number of ether oxygens (including phenoxy) is 2. The van der Waals surface area contributed by atoms with Gasteiger partial charge in [-0.05, 0) is 5.92 Å². The number of primary amides is 1. The molecule has 94 valence electrons. The molecule has 0 radical (unpaired) electrons. The van der Waals surface area contributed by atoms with E-state index in [0.29, 0.717) is 13.2 Å². The van der Waals surface area contributed by atoms with Crippen molar-refractivity contribution in [2.45, 2.75) is 19.9 Å². The Morgan fingerprint density at radius 2 is 1.94 bits per heavy atom. The van der Waals surface area contributed by atoms with Crippen molar-refractivity contribution < 1.29 is 19.1 Å². The molecule has 6 nitrogen and oxygen atoms in total. The number of rotatable bonds is 8. The number of hydrogen-bond acceptors (Lipinski definition) is 4. The monoisotopic (exact) mass is 232 g/mol. The van der Waals surface area contributed by atoms with Gasteiger partial charge in [0.25, 0.3) is 0 Å². The first-order chi connectivity index (χ1) is 7.49. The zero-order valence-electron chi connectivity index (χ0n) is 9.99. The van der Waals surface area contributed by atoms with Gasteiger partial charge in [0.15, 0.2) is 0 Å². The Labute approximate surface area is 95.5 Å². The van der Waals surface area contributed by atoms with Crippen LogP contribution in [0.15, 0.2) is 0 Å². The Morgan fingerprint density at radius 1 is 1.31 bits per heavy atom. The lowest BCUT2D eigenvalue weighted by atomic mass is 10.0. The molecule has 0 fully saturated rings. The topological polar surface area (TPSA) is 90.7 Å². The smallest absolute Gasteiger partial charge is 0.246 e. The van der Waals surface area contributed by atoms with Crippen LogP contribution in [0.4, 0.5) is 0 Å². The van der Waals surface area contributed by atoms with E-state index < -0.39 is 11.9 Å². The van der Waals surface area contributed by atoms with Crippen LogP contribution in [0.25, 0.3) is 0 Å². The molecule has 2 amide bonds. The van der Waals surface area contributed by atoms with Crippen molar-refractivity contribution in [1.29, 1.82) is 0 Å². The third-order valence-corrected chi connectivity index (χ3v) is 1.95. The van der Waals surface area contributed by atoms with Crippen LogP contribution < -0.4 is 11.1 Å². The lowest BCUT2D eigenvalue weighted by Crippen LogP contribution is -2.48. The lowest BCUT2D eigenvalue weighted by Gasteiger charge is -2.18. The zero-order valence-corrected chi connectivity index (χ0v) is 9.99. The maximum atomic E-state index is 11.3. The van der Waals surface area contributed by atoms with Crippen LogP contribution in [0.3, 0.4) is 0 Å². The van der Waals surface area contributed by atoms with Gasteiger partial charge in [-0.2, -0.15) is 0 Å². The quantitative estimate of drug-likeness (QED) is 0.540. The molecule has 0 aromatic carbocycles. The summed E-state index contributed by atoms with van der Waals surface area (Å²) in [5, 5.41) is 2.51. The molecule has 0 aromatic rings. The lowest BCUT2D eigenvalue weighted by molar-refractivity contribution is -0.131. The molecule has 16 heavy (non-hydrogen) atoms. The largest absolute Gasteiger partial charge is 0.382 e. The van der Waals surface area contributed by atoms with Gasteiger partial charge >= 0.3 is 0 Å². The second-order valence-corrected chi connectivity index (χ2v) is 3.74. The average molecular weight is 232 g/mol. The highest BCUT2D eigenvalue weighted by atomic mass is 16.5. The highest BCUT2D eigenvalue weighted by Gasteiger charge is 2.21. The van der Waals surface area contributed by atoms with Gasteiger partial charge in [-0.15, -0.1) is 0 Å². The van der Waals surface area contributed by atoms with Crippen LogP contribution in [-0.4, -0.2) is 44.8 Å². The molecule has 0 bridgehead atoms. The van der Waals surface area contributed by atoms with Crippen molar-refractivity contribution in [2.75, 3.05) is 26.9 Å². The number of methoxy groups -OCH3 is 1. The molecule has 0 unspecified atom stereocenters. The predicted molar refractivity (Wildman–Crippen MR) is 58.7 cm³/mol. The molecule has 0 spiro atoms. The molecular weight excluding hydrogens is 212 g/mol. The van der Waals surface area contributed by atoms with Crippen molar-refractivity contribution in [3.05, 3.63) is 0 Å². The van der Waals surface area contributed by atoms with E-state index in [-0.39, 0.29) is 18.4 Å². The summed E-state index contributed by atoms with van der Waals surface area (Å²) in [5.74, 6) is -0.936. The van der Waals surface area contributed by atoms with Gasteiger partial charge in [0, 0.05) is 7.11 Å². The first-order valence-corrected chi connectivity index (χ1v) is 5.14. The molecule has 1 atom stereocenters. The van der Waals surface area contributed by atoms with E-state index in [1.54, 1.807) is 7.11 Å². The first kappa shape index (κ1) is 14.9. The summed E-state index contributed by atoms with van der Waals surface area (Å²) in [4.78, 5) is 22.3. The Kier molecular flexibility index (Phi) is 7.49. The van der Waals surface area contributed by atoms with Gasteiger partial charge in [-0.3, -0.25) is 9.59 Å². The minimum absolute atomic E-state index is 0.0413. The first-order valence-electron chi connectivity index (χ1n) is 5.14. The van der Waals surface area contributed by atoms with E-state index in [1.165, 1.54) is 0 Å². The van der Waals surface area contributed by atoms with Gasteiger partial charge < -0.3 is 20.5 Å². The van der Waals surface area contributed by atoms with Crippen molar-refractivity contribution in [1.82, 2.24) is 5.32 Å². The third-order valence-electron chi connectivity index (χ3n) is 1.95. The van der Waals surface area contributed by atoms with Gasteiger partial charge in [0.2, 0.25) is 11.8 Å². The van der Waals surface area contributed by atoms with Crippen molar-refractivity contribution in [3.8, 4) is 0 Å². The highest BCUT2D eigenvalue weighted by Crippen LogP contribution is 2.00. The summed E-state index contributed by atoms with van der Waals surface area (Å²) in [6.45, 7) is 4.28. The fourth-order valence-electron chi connectivity index (χ4n) is 1.09. The molecule has 0 aliphatic rings. The second kappa shape index (κ2) is 8.06. The summed E-state index contributed by atoms with van der Waals surface area (Å²) < 4.78 is 9.76. The van der Waals surface area contributed by atoms with Crippen molar-refractivity contribution in [3.63, 3.8) is 0 Å². The molecule has 0 aliphatic carbocycles. The van der Waals surface area contributed by atoms with E-state index in [2.05, 4.69) is 5.32 Å².